The molecule has 1 unspecified atom stereocenters. The van der Waals surface area contributed by atoms with Crippen LogP contribution in [0.3, 0.4) is 0 Å². The number of carboxylic acid groups (broad SMARTS) is 1. The van der Waals surface area contributed by atoms with Gasteiger partial charge >= 0.3 is 5.97 Å². The van der Waals surface area contributed by atoms with Gasteiger partial charge in [0.1, 0.15) is 17.3 Å². The quantitative estimate of drug-likeness (QED) is 0.0615. The molecular weight excluding hydrogens is 909 g/mol. The van der Waals surface area contributed by atoms with Crippen LogP contribution in [0, 0.1) is 12.8 Å². The van der Waals surface area contributed by atoms with Crippen molar-refractivity contribution in [3.05, 3.63) is 119 Å². The predicted molar refractivity (Wildman–Crippen MR) is 266 cm³/mol. The van der Waals surface area contributed by atoms with Gasteiger partial charge < -0.3 is 20.1 Å². The Morgan fingerprint density at radius 2 is 1.74 bits per heavy atom. The van der Waals surface area contributed by atoms with Crippen LogP contribution in [0.1, 0.15) is 87.8 Å². The average Bonchev–Trinajstić information content (AvgIpc) is 3.92. The number of hydrogen-bond acceptors (Lipinski definition) is 13. The Labute approximate surface area is 407 Å². The van der Waals surface area contributed by atoms with E-state index in [1.807, 2.05) is 84.6 Å². The van der Waals surface area contributed by atoms with Crippen LogP contribution in [0.25, 0.3) is 32.2 Å². The molecule has 4 aromatic heterocycles. The number of rotatable bonds is 14. The molecule has 0 radical (unpaired) electrons. The summed E-state index contributed by atoms with van der Waals surface area (Å²) in [5, 5.41) is 24.7. The summed E-state index contributed by atoms with van der Waals surface area (Å²) in [6.07, 6.45) is 6.78. The number of carbonyl (C=O) groups is 5. The van der Waals surface area contributed by atoms with E-state index in [1.165, 1.54) is 11.3 Å². The molecule has 2 saturated heterocycles. The highest BCUT2D eigenvalue weighted by Crippen LogP contribution is 2.36. The van der Waals surface area contributed by atoms with Gasteiger partial charge in [-0.3, -0.25) is 44.4 Å². The first-order valence-electron chi connectivity index (χ1n) is 23.6. The summed E-state index contributed by atoms with van der Waals surface area (Å²) < 4.78 is 8.99. The third-order valence-electron chi connectivity index (χ3n) is 13.7. The average molecular weight is 961 g/mol. The molecule has 17 nitrogen and oxygen atoms in total. The number of imide groups is 1. The van der Waals surface area contributed by atoms with Gasteiger partial charge in [-0.2, -0.15) is 5.10 Å². The second-order valence-electron chi connectivity index (χ2n) is 18.2. The van der Waals surface area contributed by atoms with E-state index in [2.05, 4.69) is 35.9 Å². The molecule has 0 bridgehead atoms. The van der Waals surface area contributed by atoms with Gasteiger partial charge in [0.25, 0.3) is 5.91 Å². The highest BCUT2D eigenvalue weighted by atomic mass is 32.1. The number of nitrogens with zero attached hydrogens (tertiary/aromatic N) is 7. The van der Waals surface area contributed by atoms with Crippen LogP contribution >= 0.6 is 11.3 Å². The lowest BCUT2D eigenvalue weighted by molar-refractivity contribution is -0.134. The zero-order valence-electron chi connectivity index (χ0n) is 38.9. The molecule has 10 rings (SSSR count). The highest BCUT2D eigenvalue weighted by Gasteiger charge is 2.32. The summed E-state index contributed by atoms with van der Waals surface area (Å²) in [4.78, 5) is 81.6. The van der Waals surface area contributed by atoms with Crippen molar-refractivity contribution in [2.24, 2.45) is 13.0 Å². The number of pyridine rings is 2. The van der Waals surface area contributed by atoms with Crippen molar-refractivity contribution < 1.29 is 33.8 Å². The molecule has 0 saturated carbocycles. The molecule has 7 heterocycles. The fourth-order valence-corrected chi connectivity index (χ4v) is 10.8. The summed E-state index contributed by atoms with van der Waals surface area (Å²) in [6, 6.07) is 24.5. The normalized spacial score (nSPS) is 16.5. The Bertz CT molecular complexity index is 3160. The van der Waals surface area contributed by atoms with E-state index in [0.29, 0.717) is 77.8 Å². The first kappa shape index (κ1) is 46.2. The second kappa shape index (κ2) is 19.8. The number of para-hydroxylation sites is 1. The molecule has 2 fully saturated rings. The van der Waals surface area contributed by atoms with Gasteiger partial charge in [-0.15, -0.1) is 0 Å². The van der Waals surface area contributed by atoms with Crippen molar-refractivity contribution in [3.63, 3.8) is 0 Å². The molecule has 70 heavy (non-hydrogen) atoms. The SMILES string of the molecule is Cc1c(OCCCC2CCN(CC(=O)Nc3ccc4c(C5CCC(=O)NC5=O)nn(C)c4c3)CC2)cccc1-c1ccc(N2CCc3ccnc(C(=O)Nc4nc5ccccc5s4)c3C2)nc1C(=O)O. The van der Waals surface area contributed by atoms with E-state index in [9.17, 15) is 29.1 Å². The minimum Gasteiger partial charge on any atom is -0.493 e. The number of nitrogens with one attached hydrogen (secondary N) is 3. The van der Waals surface area contributed by atoms with Crippen LogP contribution in [0.2, 0.25) is 0 Å². The summed E-state index contributed by atoms with van der Waals surface area (Å²) in [5.41, 5.74) is 6.94. The minimum absolute atomic E-state index is 0.0688. The van der Waals surface area contributed by atoms with E-state index in [1.54, 1.807) is 24.0 Å². The zero-order chi connectivity index (χ0) is 48.5. The Morgan fingerprint density at radius 3 is 2.56 bits per heavy atom. The minimum atomic E-state index is -1.14. The summed E-state index contributed by atoms with van der Waals surface area (Å²) in [5.74, 6) is -0.983. The number of carboxylic acids is 1. The number of likely N-dealkylation sites (tertiary alicyclic amines) is 1. The number of thiazole rings is 1. The fraction of sp³-hybridized carbons (Fsp3) is 0.327. The Balaban J connectivity index is 0.709. The number of hydrogen-bond donors (Lipinski definition) is 4. The van der Waals surface area contributed by atoms with Crippen LogP contribution in [0.5, 0.6) is 5.75 Å². The Kier molecular flexibility index (Phi) is 13.1. The summed E-state index contributed by atoms with van der Waals surface area (Å²) in [6.45, 7) is 5.30. The molecule has 0 spiro atoms. The molecule has 1 atom stereocenters. The maximum atomic E-state index is 13.6. The number of ether oxygens (including phenoxy) is 1. The lowest BCUT2D eigenvalue weighted by Crippen LogP contribution is -2.39. The standard InChI is InChI=1S/C52H52N10O7S/c1-30-34(35-14-16-43(56-48(35)51(67)68)62-25-21-32-18-22-53-47(38(32)28-62)50(66)58-52-55-39-9-3-4-11-42(39)70-52)8-5-10-41(30)69-26-6-7-31-19-23-61(24-20-31)29-45(64)54-33-12-13-36-40(27-33)60(2)59-46(36)37-15-17-44(63)57-49(37)65/h3-5,8-14,16,18,22,27,31,37H,6-7,15,17,19-21,23-26,28-29H2,1-2H3,(H,54,64)(H,67,68)(H,55,58,66)(H,57,63,65). The summed E-state index contributed by atoms with van der Waals surface area (Å²) >= 11 is 1.40. The van der Waals surface area contributed by atoms with Crippen molar-refractivity contribution in [3.8, 4) is 16.9 Å². The molecule has 0 aliphatic carbocycles. The van der Waals surface area contributed by atoms with Crippen molar-refractivity contribution >= 4 is 78.7 Å². The maximum Gasteiger partial charge on any atom is 0.355 e. The fourth-order valence-electron chi connectivity index (χ4n) is 9.98. The van der Waals surface area contributed by atoms with Gasteiger partial charge in [0.05, 0.1) is 40.5 Å². The van der Waals surface area contributed by atoms with E-state index in [4.69, 9.17) is 9.72 Å². The van der Waals surface area contributed by atoms with E-state index < -0.39 is 11.9 Å². The molecule has 3 aliphatic rings. The monoisotopic (exact) mass is 960 g/mol. The number of aryl methyl sites for hydroxylation is 1. The third kappa shape index (κ3) is 9.69. The first-order valence-corrected chi connectivity index (χ1v) is 24.5. The van der Waals surface area contributed by atoms with Crippen LogP contribution in [0.4, 0.5) is 16.6 Å². The molecule has 3 aromatic carbocycles. The van der Waals surface area contributed by atoms with E-state index >= 15 is 0 Å². The van der Waals surface area contributed by atoms with Crippen LogP contribution in [-0.4, -0.2) is 97.1 Å². The van der Waals surface area contributed by atoms with Crippen molar-refractivity contribution in [1.29, 1.82) is 0 Å². The lowest BCUT2D eigenvalue weighted by atomic mass is 9.92. The predicted octanol–water partition coefficient (Wildman–Crippen LogP) is 7.49. The number of aromatic carboxylic acids is 1. The van der Waals surface area contributed by atoms with Gasteiger partial charge in [-0.25, -0.2) is 14.8 Å². The molecule has 4 amide bonds. The van der Waals surface area contributed by atoms with Gasteiger partial charge in [-0.1, -0.05) is 35.6 Å². The zero-order valence-corrected chi connectivity index (χ0v) is 39.7. The van der Waals surface area contributed by atoms with Crippen LogP contribution in [-0.2, 0) is 34.4 Å². The third-order valence-corrected chi connectivity index (χ3v) is 14.6. The van der Waals surface area contributed by atoms with Gasteiger partial charge in [0.2, 0.25) is 17.7 Å². The first-order chi connectivity index (χ1) is 33.9. The highest BCUT2D eigenvalue weighted by molar-refractivity contribution is 7.22. The molecule has 3 aliphatic heterocycles. The number of fused-ring (bicyclic) bond motifs is 3. The maximum absolute atomic E-state index is 13.6. The number of aromatic nitrogens is 5. The largest absolute Gasteiger partial charge is 0.493 e. The molecule has 358 valence electrons. The molecule has 4 N–H and O–H groups in total. The second-order valence-corrected chi connectivity index (χ2v) is 19.2. The molecular formula is C52H52N10O7S. The van der Waals surface area contributed by atoms with Crippen LogP contribution < -0.4 is 25.6 Å². The topological polar surface area (TPSA) is 214 Å². The van der Waals surface area contributed by atoms with E-state index in [0.717, 1.165) is 82.1 Å². The van der Waals surface area contributed by atoms with E-state index in [-0.39, 0.29) is 42.3 Å². The Hall–Kier alpha value is -7.57. The number of anilines is 3. The smallest absolute Gasteiger partial charge is 0.355 e. The van der Waals surface area contributed by atoms with Gasteiger partial charge in [-0.05, 0) is 136 Å². The number of amides is 4. The van der Waals surface area contributed by atoms with Crippen molar-refractivity contribution in [2.45, 2.75) is 64.3 Å². The number of carbonyl (C=O) groups excluding carboxylic acids is 4. The Morgan fingerprint density at radius 1 is 0.900 bits per heavy atom. The molecule has 7 aromatic rings. The van der Waals surface area contributed by atoms with Gasteiger partial charge in [0.15, 0.2) is 10.8 Å². The number of benzene rings is 3. The summed E-state index contributed by atoms with van der Waals surface area (Å²) in [7, 11) is 1.80. The lowest BCUT2D eigenvalue weighted by Gasteiger charge is -2.31. The number of piperidine rings is 2. The molecule has 18 heteroatoms. The van der Waals surface area contributed by atoms with Crippen LogP contribution in [0.15, 0.2) is 85.1 Å². The van der Waals surface area contributed by atoms with Gasteiger partial charge in [0, 0.05) is 55.0 Å². The van der Waals surface area contributed by atoms with Crippen molar-refractivity contribution in [1.82, 2.24) is 34.9 Å². The van der Waals surface area contributed by atoms with Crippen molar-refractivity contribution in [2.75, 3.05) is 48.3 Å².